The average Bonchev–Trinajstić information content (AvgIpc) is 3.04. The Hall–Kier alpha value is -0.120. The summed E-state index contributed by atoms with van der Waals surface area (Å²) in [7, 11) is 1.84. The average molecular weight is 224 g/mol. The third-order valence-electron chi connectivity index (χ3n) is 4.60. The lowest BCUT2D eigenvalue weighted by Crippen LogP contribution is -2.42. The van der Waals surface area contributed by atoms with Gasteiger partial charge in [0, 0.05) is 32.3 Å². The van der Waals surface area contributed by atoms with Gasteiger partial charge in [-0.3, -0.25) is 4.90 Å². The highest BCUT2D eigenvalue weighted by atomic mass is 16.5. The second-order valence-corrected chi connectivity index (χ2v) is 5.78. The van der Waals surface area contributed by atoms with E-state index in [1.807, 2.05) is 7.11 Å². The van der Waals surface area contributed by atoms with Crippen LogP contribution < -0.4 is 5.32 Å². The Bertz CT molecular complexity index is 228. The molecule has 0 spiro atoms. The van der Waals surface area contributed by atoms with Gasteiger partial charge in [-0.25, -0.2) is 0 Å². The lowest BCUT2D eigenvalue weighted by molar-refractivity contribution is 0.0899. The highest BCUT2D eigenvalue weighted by Gasteiger charge is 2.42. The second kappa shape index (κ2) is 4.63. The smallest absolute Gasteiger partial charge is 0.0620 e. The SMILES string of the molecule is COCC(C1CC1)N1CC2CCCNC2C1. The van der Waals surface area contributed by atoms with Crippen LogP contribution in [0.3, 0.4) is 0 Å². The van der Waals surface area contributed by atoms with E-state index in [2.05, 4.69) is 10.2 Å². The number of fused-ring (bicyclic) bond motifs is 1. The second-order valence-electron chi connectivity index (χ2n) is 5.78. The maximum absolute atomic E-state index is 5.41. The van der Waals surface area contributed by atoms with E-state index in [-0.39, 0.29) is 0 Å². The summed E-state index contributed by atoms with van der Waals surface area (Å²) in [5.74, 6) is 1.84. The van der Waals surface area contributed by atoms with Crippen molar-refractivity contribution in [3.05, 3.63) is 0 Å². The molecule has 1 N–H and O–H groups in total. The maximum atomic E-state index is 5.41. The molecule has 0 aromatic heterocycles. The van der Waals surface area contributed by atoms with Crippen LogP contribution in [0.5, 0.6) is 0 Å². The molecule has 2 aliphatic heterocycles. The zero-order valence-electron chi connectivity index (χ0n) is 10.3. The summed E-state index contributed by atoms with van der Waals surface area (Å²) in [6.07, 6.45) is 5.65. The minimum absolute atomic E-state index is 0.706. The van der Waals surface area contributed by atoms with Gasteiger partial charge in [0.1, 0.15) is 0 Å². The van der Waals surface area contributed by atoms with Gasteiger partial charge in [0.05, 0.1) is 6.61 Å². The first kappa shape index (κ1) is 11.0. The van der Waals surface area contributed by atoms with Gasteiger partial charge in [0.2, 0.25) is 0 Å². The Labute approximate surface area is 98.5 Å². The van der Waals surface area contributed by atoms with E-state index in [0.29, 0.717) is 6.04 Å². The van der Waals surface area contributed by atoms with Crippen molar-refractivity contribution in [2.75, 3.05) is 33.4 Å². The molecule has 3 nitrogen and oxygen atoms in total. The van der Waals surface area contributed by atoms with Gasteiger partial charge in [-0.15, -0.1) is 0 Å². The fourth-order valence-electron chi connectivity index (χ4n) is 3.54. The number of ether oxygens (including phenoxy) is 1. The van der Waals surface area contributed by atoms with E-state index in [9.17, 15) is 0 Å². The van der Waals surface area contributed by atoms with Crippen LogP contribution in [0.2, 0.25) is 0 Å². The van der Waals surface area contributed by atoms with Crippen LogP contribution in [0.25, 0.3) is 0 Å². The molecule has 3 fully saturated rings. The van der Waals surface area contributed by atoms with Crippen molar-refractivity contribution in [2.45, 2.75) is 37.8 Å². The van der Waals surface area contributed by atoms with Crippen LogP contribution in [0.15, 0.2) is 0 Å². The van der Waals surface area contributed by atoms with E-state index < -0.39 is 0 Å². The van der Waals surface area contributed by atoms with Crippen molar-refractivity contribution in [1.82, 2.24) is 10.2 Å². The van der Waals surface area contributed by atoms with Gasteiger partial charge in [-0.2, -0.15) is 0 Å². The number of methoxy groups -OCH3 is 1. The maximum Gasteiger partial charge on any atom is 0.0620 e. The molecule has 3 rings (SSSR count). The predicted octanol–water partition coefficient (Wildman–Crippen LogP) is 1.10. The van der Waals surface area contributed by atoms with E-state index in [1.54, 1.807) is 0 Å². The molecule has 16 heavy (non-hydrogen) atoms. The third kappa shape index (κ3) is 2.13. The lowest BCUT2D eigenvalue weighted by atomic mass is 9.94. The molecular formula is C13H24N2O. The van der Waals surface area contributed by atoms with E-state index in [4.69, 9.17) is 4.74 Å². The number of likely N-dealkylation sites (tertiary alicyclic amines) is 1. The van der Waals surface area contributed by atoms with Crippen molar-refractivity contribution in [2.24, 2.45) is 11.8 Å². The van der Waals surface area contributed by atoms with Crippen LogP contribution in [-0.2, 0) is 4.74 Å². The van der Waals surface area contributed by atoms with Crippen LogP contribution in [0.4, 0.5) is 0 Å². The summed E-state index contributed by atoms with van der Waals surface area (Å²) in [6.45, 7) is 4.73. The minimum atomic E-state index is 0.706. The monoisotopic (exact) mass is 224 g/mol. The Kier molecular flexibility index (Phi) is 3.18. The highest BCUT2D eigenvalue weighted by Crippen LogP contribution is 2.38. The molecular weight excluding hydrogens is 200 g/mol. The van der Waals surface area contributed by atoms with Gasteiger partial charge in [0.15, 0.2) is 0 Å². The van der Waals surface area contributed by atoms with Gasteiger partial charge < -0.3 is 10.1 Å². The van der Waals surface area contributed by atoms with E-state index in [0.717, 1.165) is 24.5 Å². The quantitative estimate of drug-likeness (QED) is 0.774. The Morgan fingerprint density at radius 2 is 2.19 bits per heavy atom. The van der Waals surface area contributed by atoms with E-state index >= 15 is 0 Å². The summed E-state index contributed by atoms with van der Waals surface area (Å²) in [4.78, 5) is 2.70. The molecule has 1 aliphatic carbocycles. The van der Waals surface area contributed by atoms with Gasteiger partial charge in [0.25, 0.3) is 0 Å². The van der Waals surface area contributed by atoms with Crippen LogP contribution in [0, 0.1) is 11.8 Å². The van der Waals surface area contributed by atoms with Crippen LogP contribution in [-0.4, -0.2) is 50.3 Å². The molecule has 3 unspecified atom stereocenters. The molecule has 3 heteroatoms. The molecule has 0 bridgehead atoms. The largest absolute Gasteiger partial charge is 0.383 e. The number of rotatable bonds is 4. The molecule has 2 heterocycles. The van der Waals surface area contributed by atoms with Gasteiger partial charge in [-0.1, -0.05) is 0 Å². The van der Waals surface area contributed by atoms with Crippen molar-refractivity contribution in [3.8, 4) is 0 Å². The first-order valence-corrected chi connectivity index (χ1v) is 6.85. The Morgan fingerprint density at radius 3 is 2.88 bits per heavy atom. The normalized spacial score (nSPS) is 37.3. The summed E-state index contributed by atoms with van der Waals surface area (Å²) in [5.41, 5.74) is 0. The first-order chi connectivity index (χ1) is 7.88. The van der Waals surface area contributed by atoms with E-state index in [1.165, 1.54) is 45.3 Å². The Morgan fingerprint density at radius 1 is 1.31 bits per heavy atom. The fourth-order valence-corrected chi connectivity index (χ4v) is 3.54. The molecule has 0 amide bonds. The zero-order chi connectivity index (χ0) is 11.0. The minimum Gasteiger partial charge on any atom is -0.383 e. The van der Waals surface area contributed by atoms with Crippen molar-refractivity contribution in [3.63, 3.8) is 0 Å². The van der Waals surface area contributed by atoms with Crippen molar-refractivity contribution < 1.29 is 4.74 Å². The predicted molar refractivity (Wildman–Crippen MR) is 64.5 cm³/mol. The number of hydrogen-bond acceptors (Lipinski definition) is 3. The summed E-state index contributed by atoms with van der Waals surface area (Å²) in [6, 6.07) is 1.48. The van der Waals surface area contributed by atoms with Crippen LogP contribution >= 0.6 is 0 Å². The molecule has 3 atom stereocenters. The topological polar surface area (TPSA) is 24.5 Å². The number of nitrogens with one attached hydrogen (secondary N) is 1. The molecule has 0 aromatic rings. The number of hydrogen-bond donors (Lipinski definition) is 1. The lowest BCUT2D eigenvalue weighted by Gasteiger charge is -2.27. The highest BCUT2D eigenvalue weighted by molar-refractivity contribution is 4.97. The molecule has 3 aliphatic rings. The van der Waals surface area contributed by atoms with Crippen molar-refractivity contribution in [1.29, 1.82) is 0 Å². The molecule has 92 valence electrons. The standard InChI is InChI=1S/C13H24N2O/c1-16-9-13(10-4-5-10)15-7-11-3-2-6-14-12(11)8-15/h10-14H,2-9H2,1H3. The van der Waals surface area contributed by atoms with Crippen molar-refractivity contribution >= 4 is 0 Å². The fraction of sp³-hybridized carbons (Fsp3) is 1.00. The zero-order valence-corrected chi connectivity index (χ0v) is 10.3. The molecule has 1 saturated carbocycles. The molecule has 0 aromatic carbocycles. The van der Waals surface area contributed by atoms with Gasteiger partial charge in [-0.05, 0) is 44.1 Å². The Balaban J connectivity index is 1.61. The number of piperidine rings is 1. The molecule has 2 saturated heterocycles. The summed E-state index contributed by atoms with van der Waals surface area (Å²) < 4.78 is 5.41. The number of nitrogens with zero attached hydrogens (tertiary/aromatic N) is 1. The van der Waals surface area contributed by atoms with Crippen LogP contribution in [0.1, 0.15) is 25.7 Å². The molecule has 0 radical (unpaired) electrons. The summed E-state index contributed by atoms with van der Waals surface area (Å²) in [5, 5.41) is 3.68. The third-order valence-corrected chi connectivity index (χ3v) is 4.60. The van der Waals surface area contributed by atoms with Gasteiger partial charge >= 0.3 is 0 Å². The first-order valence-electron chi connectivity index (χ1n) is 6.85. The summed E-state index contributed by atoms with van der Waals surface area (Å²) >= 11 is 0.